The molecule has 9 heteroatoms. The molecule has 0 spiro atoms. The number of piperazine rings is 1. The van der Waals surface area contributed by atoms with Gasteiger partial charge in [-0.3, -0.25) is 20.1 Å². The lowest BCUT2D eigenvalue weighted by atomic mass is 10.1. The molecule has 2 amide bonds. The molecule has 9 nitrogen and oxygen atoms in total. The van der Waals surface area contributed by atoms with Gasteiger partial charge in [0.1, 0.15) is 5.82 Å². The molecule has 2 atom stereocenters. The maximum absolute atomic E-state index is 13.3. The van der Waals surface area contributed by atoms with Crippen LogP contribution in [0, 0.1) is 0 Å². The van der Waals surface area contributed by atoms with E-state index in [-0.39, 0.29) is 12.1 Å². The number of pyridine rings is 1. The molecule has 5 heterocycles. The van der Waals surface area contributed by atoms with Crippen molar-refractivity contribution in [2.45, 2.75) is 32.0 Å². The fraction of sp³-hybridized carbons (Fsp3) is 0.385. The van der Waals surface area contributed by atoms with Crippen molar-refractivity contribution < 1.29 is 4.79 Å². The third kappa shape index (κ3) is 4.27. The number of urea groups is 1. The van der Waals surface area contributed by atoms with E-state index in [9.17, 15) is 4.79 Å². The Morgan fingerprint density at radius 3 is 2.71 bits per heavy atom. The quantitative estimate of drug-likeness (QED) is 0.627. The second-order valence-corrected chi connectivity index (χ2v) is 9.54. The minimum absolute atomic E-state index is 0.101. The Morgan fingerprint density at radius 2 is 1.91 bits per heavy atom. The molecule has 35 heavy (non-hydrogen) atoms. The predicted octanol–water partition coefficient (Wildman–Crippen LogP) is 3.21. The van der Waals surface area contributed by atoms with E-state index in [0.29, 0.717) is 11.9 Å². The van der Waals surface area contributed by atoms with Crippen molar-refractivity contribution in [3.8, 4) is 0 Å². The van der Waals surface area contributed by atoms with Crippen LogP contribution >= 0.6 is 0 Å². The molecule has 1 unspecified atom stereocenters. The summed E-state index contributed by atoms with van der Waals surface area (Å²) in [6.07, 6.45) is 5.65. The number of hydrogen-bond donors (Lipinski definition) is 1. The number of hydrogen-bond acceptors (Lipinski definition) is 7. The van der Waals surface area contributed by atoms with Gasteiger partial charge in [-0.15, -0.1) is 0 Å². The maximum atomic E-state index is 13.3. The van der Waals surface area contributed by atoms with E-state index in [1.807, 2.05) is 4.90 Å². The van der Waals surface area contributed by atoms with Gasteiger partial charge >= 0.3 is 6.03 Å². The van der Waals surface area contributed by atoms with E-state index in [1.165, 1.54) is 5.56 Å². The number of carbonyl (C=O) groups is 1. The van der Waals surface area contributed by atoms with E-state index < -0.39 is 0 Å². The smallest absolute Gasteiger partial charge is 0.329 e. The molecule has 2 bridgehead atoms. The van der Waals surface area contributed by atoms with Crippen molar-refractivity contribution in [1.82, 2.24) is 19.9 Å². The molecule has 0 aliphatic carbocycles. The van der Waals surface area contributed by atoms with Crippen LogP contribution in [0.5, 0.6) is 0 Å². The van der Waals surface area contributed by atoms with E-state index >= 15 is 0 Å². The number of carbonyl (C=O) groups excluding carboxylic acids is 1. The molecule has 2 fully saturated rings. The largest absolute Gasteiger partial charge is 0.366 e. The highest BCUT2D eigenvalue weighted by Gasteiger charge is 2.40. The summed E-state index contributed by atoms with van der Waals surface area (Å²) < 4.78 is 0. The minimum Gasteiger partial charge on any atom is -0.366 e. The molecule has 6 rings (SSSR count). The van der Waals surface area contributed by atoms with E-state index in [0.717, 1.165) is 63.0 Å². The predicted molar refractivity (Wildman–Crippen MR) is 137 cm³/mol. The summed E-state index contributed by atoms with van der Waals surface area (Å²) in [7, 11) is 0. The summed E-state index contributed by atoms with van der Waals surface area (Å²) >= 11 is 0. The topological polar surface area (TPSA) is 80.7 Å². The zero-order valence-electron chi connectivity index (χ0n) is 19.9. The average Bonchev–Trinajstić information content (AvgIpc) is 3.30. The number of nitrogens with zero attached hydrogens (tertiary/aromatic N) is 7. The first-order valence-electron chi connectivity index (χ1n) is 12.3. The Labute approximate surface area is 205 Å². The Balaban J connectivity index is 1.22. The first kappa shape index (κ1) is 21.8. The van der Waals surface area contributed by atoms with Gasteiger partial charge < -0.3 is 9.80 Å². The number of benzene rings is 1. The minimum atomic E-state index is -0.205. The number of nitrogens with one attached hydrogen (secondary N) is 1. The van der Waals surface area contributed by atoms with Gasteiger partial charge in [-0.25, -0.2) is 14.8 Å². The number of amides is 2. The van der Waals surface area contributed by atoms with Gasteiger partial charge in [-0.05, 0) is 31.0 Å². The van der Waals surface area contributed by atoms with Crippen molar-refractivity contribution in [2.24, 2.45) is 0 Å². The molecule has 1 aromatic carbocycles. The molecule has 3 aliphatic rings. The van der Waals surface area contributed by atoms with E-state index in [1.54, 1.807) is 18.6 Å². The lowest BCUT2D eigenvalue weighted by Crippen LogP contribution is -2.52. The van der Waals surface area contributed by atoms with Gasteiger partial charge in [0.25, 0.3) is 0 Å². The van der Waals surface area contributed by atoms with Crippen LogP contribution in [0.1, 0.15) is 18.9 Å². The Bertz CT molecular complexity index is 1190. The van der Waals surface area contributed by atoms with Crippen molar-refractivity contribution in [1.29, 1.82) is 0 Å². The van der Waals surface area contributed by atoms with Gasteiger partial charge in [-0.1, -0.05) is 30.3 Å². The van der Waals surface area contributed by atoms with Gasteiger partial charge in [0.05, 0.1) is 17.9 Å². The summed E-state index contributed by atoms with van der Waals surface area (Å²) in [6.45, 7) is 7.78. The molecule has 0 saturated carbocycles. The zero-order chi connectivity index (χ0) is 23.8. The molecular weight excluding hydrogens is 440 g/mol. The molecule has 1 N–H and O–H groups in total. The van der Waals surface area contributed by atoms with Crippen molar-refractivity contribution in [3.63, 3.8) is 0 Å². The van der Waals surface area contributed by atoms with E-state index in [2.05, 4.69) is 79.4 Å². The van der Waals surface area contributed by atoms with Crippen molar-refractivity contribution in [3.05, 3.63) is 66.6 Å². The number of aromatic nitrogens is 3. The lowest BCUT2D eigenvalue weighted by Gasteiger charge is -2.41. The summed E-state index contributed by atoms with van der Waals surface area (Å²) in [6, 6.07) is 15.2. The summed E-state index contributed by atoms with van der Waals surface area (Å²) in [5.74, 6) is 2.10. The number of anilines is 4. The molecule has 3 aromatic rings. The maximum Gasteiger partial charge on any atom is 0.329 e. The van der Waals surface area contributed by atoms with Crippen LogP contribution in [0.25, 0.3) is 0 Å². The highest BCUT2D eigenvalue weighted by molar-refractivity contribution is 6.04. The third-order valence-electron chi connectivity index (χ3n) is 7.27. The van der Waals surface area contributed by atoms with Crippen molar-refractivity contribution >= 4 is 29.2 Å². The van der Waals surface area contributed by atoms with Crippen LogP contribution in [-0.4, -0.2) is 70.7 Å². The number of fused-ring (bicyclic) bond motifs is 4. The molecular formula is C26H30N8O. The first-order valence-corrected chi connectivity index (χ1v) is 12.3. The SMILES string of the molecule is CC1CN(c2ccc3c(n2)N(C(=O)Nc2cnccn2)[C@H]2CCN3C2)CCN1Cc1ccccc1. The Kier molecular flexibility index (Phi) is 5.69. The highest BCUT2D eigenvalue weighted by atomic mass is 16.2. The molecule has 180 valence electrons. The van der Waals surface area contributed by atoms with Crippen LogP contribution in [0.4, 0.5) is 27.9 Å². The number of rotatable bonds is 4. The van der Waals surface area contributed by atoms with E-state index in [4.69, 9.17) is 4.98 Å². The Morgan fingerprint density at radius 1 is 1.03 bits per heavy atom. The molecule has 2 saturated heterocycles. The monoisotopic (exact) mass is 470 g/mol. The third-order valence-corrected chi connectivity index (χ3v) is 7.27. The second kappa shape index (κ2) is 9.14. The summed E-state index contributed by atoms with van der Waals surface area (Å²) in [5.41, 5.74) is 2.36. The normalized spacial score (nSPS) is 21.7. The Hall–Kier alpha value is -3.72. The van der Waals surface area contributed by atoms with Gasteiger partial charge in [0, 0.05) is 57.7 Å². The van der Waals surface area contributed by atoms with Crippen LogP contribution in [0.2, 0.25) is 0 Å². The van der Waals surface area contributed by atoms with Gasteiger partial charge in [-0.2, -0.15) is 0 Å². The molecule has 2 aromatic heterocycles. The van der Waals surface area contributed by atoms with Crippen LogP contribution < -0.4 is 20.0 Å². The average molecular weight is 471 g/mol. The first-order chi connectivity index (χ1) is 17.2. The second-order valence-electron chi connectivity index (χ2n) is 9.54. The fourth-order valence-electron chi connectivity index (χ4n) is 5.43. The molecule has 3 aliphatic heterocycles. The summed E-state index contributed by atoms with van der Waals surface area (Å²) in [4.78, 5) is 35.7. The van der Waals surface area contributed by atoms with Crippen LogP contribution in [0.15, 0.2) is 61.1 Å². The fourth-order valence-corrected chi connectivity index (χ4v) is 5.43. The summed E-state index contributed by atoms with van der Waals surface area (Å²) in [5, 5.41) is 2.90. The lowest BCUT2D eigenvalue weighted by molar-refractivity contribution is 0.180. The van der Waals surface area contributed by atoms with Gasteiger partial charge in [0.15, 0.2) is 11.6 Å². The van der Waals surface area contributed by atoms with Crippen LogP contribution in [-0.2, 0) is 6.54 Å². The van der Waals surface area contributed by atoms with Crippen molar-refractivity contribution in [2.75, 3.05) is 52.7 Å². The highest BCUT2D eigenvalue weighted by Crippen LogP contribution is 2.40. The van der Waals surface area contributed by atoms with Crippen LogP contribution in [0.3, 0.4) is 0 Å². The standard InChI is InChI=1S/C26H30N8O/c1-19-16-33(14-13-31(19)17-20-5-3-2-4-6-20)24-8-7-22-25(30-24)34(21-9-12-32(22)18-21)26(35)29-23-15-27-10-11-28-23/h2-8,10-11,15,19,21H,9,12-14,16-18H2,1H3,(H,28,29,35)/t19?,21-/m0/s1. The molecule has 0 radical (unpaired) electrons. The van der Waals surface area contributed by atoms with Gasteiger partial charge in [0.2, 0.25) is 0 Å². The zero-order valence-corrected chi connectivity index (χ0v) is 19.9.